The minimum absolute atomic E-state index is 0.0738. The molecule has 0 fully saturated rings. The van der Waals surface area contributed by atoms with Gasteiger partial charge in [0.15, 0.2) is 0 Å². The highest BCUT2D eigenvalue weighted by Crippen LogP contribution is 2.36. The average molecular weight is 443 g/mol. The number of para-hydroxylation sites is 1. The quantitative estimate of drug-likeness (QED) is 0.567. The van der Waals surface area contributed by atoms with Crippen molar-refractivity contribution < 1.29 is 9.59 Å². The Labute approximate surface area is 194 Å². The second-order valence-electron chi connectivity index (χ2n) is 8.28. The Morgan fingerprint density at radius 3 is 2.52 bits per heavy atom. The van der Waals surface area contributed by atoms with Crippen molar-refractivity contribution in [2.24, 2.45) is 0 Å². The van der Waals surface area contributed by atoms with E-state index in [1.54, 1.807) is 11.0 Å². The molecule has 2 amide bonds. The zero-order valence-electron chi connectivity index (χ0n) is 19.6. The third kappa shape index (κ3) is 3.97. The third-order valence-corrected chi connectivity index (χ3v) is 6.28. The molecule has 0 bridgehead atoms. The second kappa shape index (κ2) is 9.06. The molecule has 1 aromatic heterocycles. The van der Waals surface area contributed by atoms with Gasteiger partial charge in [0.2, 0.25) is 5.91 Å². The number of likely N-dealkylation sites (N-methyl/N-ethyl adjacent to an activating group) is 1. The smallest absolute Gasteiger partial charge is 0.276 e. The number of carbonyl (C=O) groups excluding carboxylic acids is 2. The average Bonchev–Trinajstić information content (AvgIpc) is 2.84. The number of nitrogens with zero attached hydrogens (tertiary/aromatic N) is 2. The summed E-state index contributed by atoms with van der Waals surface area (Å²) in [7, 11) is 0. The van der Waals surface area contributed by atoms with Crippen molar-refractivity contribution in [1.82, 2.24) is 10.3 Å². The van der Waals surface area contributed by atoms with E-state index in [1.165, 1.54) is 0 Å². The number of rotatable bonds is 6. The second-order valence-corrected chi connectivity index (χ2v) is 8.28. The van der Waals surface area contributed by atoms with Crippen molar-refractivity contribution in [3.8, 4) is 0 Å². The van der Waals surface area contributed by atoms with Crippen molar-refractivity contribution in [2.45, 2.75) is 39.7 Å². The first-order valence-corrected chi connectivity index (χ1v) is 11.5. The van der Waals surface area contributed by atoms with Gasteiger partial charge >= 0.3 is 0 Å². The van der Waals surface area contributed by atoms with Crippen molar-refractivity contribution in [2.75, 3.05) is 23.3 Å². The molecule has 0 aliphatic carbocycles. The van der Waals surface area contributed by atoms with E-state index < -0.39 is 5.54 Å². The molecular weight excluding hydrogens is 412 g/mol. The Balaban J connectivity index is 1.78. The number of carbonyl (C=O) groups is 2. The van der Waals surface area contributed by atoms with Crippen LogP contribution in [0.15, 0.2) is 54.6 Å². The van der Waals surface area contributed by atoms with Crippen LogP contribution in [0, 0.1) is 6.92 Å². The summed E-state index contributed by atoms with van der Waals surface area (Å²) in [6.45, 7) is 8.93. The van der Waals surface area contributed by atoms with E-state index in [2.05, 4.69) is 10.6 Å². The molecule has 0 spiro atoms. The summed E-state index contributed by atoms with van der Waals surface area (Å²) in [5, 5.41) is 7.29. The van der Waals surface area contributed by atoms with Crippen LogP contribution < -0.4 is 15.5 Å². The van der Waals surface area contributed by atoms with Gasteiger partial charge in [-0.3, -0.25) is 9.59 Å². The van der Waals surface area contributed by atoms with Crippen molar-refractivity contribution in [1.29, 1.82) is 0 Å². The summed E-state index contributed by atoms with van der Waals surface area (Å²) < 4.78 is 0. The monoisotopic (exact) mass is 442 g/mol. The van der Waals surface area contributed by atoms with Crippen LogP contribution in [0.2, 0.25) is 0 Å². The Morgan fingerprint density at radius 2 is 1.82 bits per heavy atom. The number of benzene rings is 2. The van der Waals surface area contributed by atoms with E-state index in [-0.39, 0.29) is 11.8 Å². The van der Waals surface area contributed by atoms with E-state index in [4.69, 9.17) is 4.98 Å². The van der Waals surface area contributed by atoms with E-state index in [1.807, 2.05) is 82.3 Å². The normalized spacial score (nSPS) is 16.7. The van der Waals surface area contributed by atoms with Crippen molar-refractivity contribution >= 4 is 40.2 Å². The highest BCUT2D eigenvalue weighted by molar-refractivity contribution is 6.08. The van der Waals surface area contributed by atoms with Crippen LogP contribution in [0.5, 0.6) is 0 Å². The molecule has 33 heavy (non-hydrogen) atoms. The lowest BCUT2D eigenvalue weighted by molar-refractivity contribution is -0.124. The molecule has 0 saturated carbocycles. The van der Waals surface area contributed by atoms with Crippen molar-refractivity contribution in [3.05, 3.63) is 71.4 Å². The van der Waals surface area contributed by atoms with Gasteiger partial charge < -0.3 is 15.5 Å². The van der Waals surface area contributed by atoms with E-state index in [0.29, 0.717) is 30.7 Å². The maximum absolute atomic E-state index is 13.5. The van der Waals surface area contributed by atoms with E-state index >= 15 is 0 Å². The van der Waals surface area contributed by atoms with Crippen LogP contribution in [0.1, 0.15) is 48.8 Å². The Hall–Kier alpha value is -3.67. The van der Waals surface area contributed by atoms with Gasteiger partial charge in [0, 0.05) is 24.2 Å². The molecule has 1 atom stereocenters. The predicted molar refractivity (Wildman–Crippen MR) is 135 cm³/mol. The van der Waals surface area contributed by atoms with E-state index in [9.17, 15) is 9.59 Å². The Morgan fingerprint density at radius 1 is 1.06 bits per heavy atom. The van der Waals surface area contributed by atoms with Crippen LogP contribution >= 0.6 is 0 Å². The molecule has 1 aliphatic heterocycles. The lowest BCUT2D eigenvalue weighted by Crippen LogP contribution is -2.51. The third-order valence-electron chi connectivity index (χ3n) is 6.28. The minimum Gasteiger partial charge on any atom is -0.366 e. The number of fused-ring (bicyclic) bond motifs is 3. The lowest BCUT2D eigenvalue weighted by atomic mass is 9.88. The fraction of sp³-hybridized carbons (Fsp3) is 0.296. The number of hydrogen-bond acceptors (Lipinski definition) is 4. The maximum Gasteiger partial charge on any atom is 0.276 e. The van der Waals surface area contributed by atoms with Crippen LogP contribution in [0.3, 0.4) is 0 Å². The Kier molecular flexibility index (Phi) is 6.18. The zero-order valence-corrected chi connectivity index (χ0v) is 19.6. The molecule has 1 aliphatic rings. The molecule has 1 unspecified atom stereocenters. The lowest BCUT2D eigenvalue weighted by Gasteiger charge is -2.34. The summed E-state index contributed by atoms with van der Waals surface area (Å²) in [6.07, 6.45) is 4.46. The molecule has 2 aromatic carbocycles. The Bertz CT molecular complexity index is 1250. The van der Waals surface area contributed by atoms with Crippen LogP contribution in [-0.2, 0) is 4.79 Å². The predicted octanol–water partition coefficient (Wildman–Crippen LogP) is 4.93. The van der Waals surface area contributed by atoms with Gasteiger partial charge in [0.05, 0.1) is 11.2 Å². The zero-order chi connectivity index (χ0) is 23.6. The summed E-state index contributed by atoms with van der Waals surface area (Å²) >= 11 is 0. The molecule has 6 heteroatoms. The molecule has 3 aromatic rings. The SMILES string of the molecule is CCNC(=O)C1(CC)C=Cc2ccc3ccc(C(=O)N(CC)c4ccccc4C)nc3c2N1. The van der Waals surface area contributed by atoms with Crippen LogP contribution in [0.25, 0.3) is 17.0 Å². The van der Waals surface area contributed by atoms with Gasteiger partial charge in [-0.1, -0.05) is 49.4 Å². The standard InChI is InChI=1S/C27H30N4O2/c1-5-27(26(33)28-6-2)17-16-20-13-12-19-14-15-21(29-23(19)24(20)30-27)25(32)31(7-3)22-11-9-8-10-18(22)4/h8-17,30H,5-7H2,1-4H3,(H,28,33). The van der Waals surface area contributed by atoms with Gasteiger partial charge in [0.1, 0.15) is 11.2 Å². The first kappa shape index (κ1) is 22.5. The van der Waals surface area contributed by atoms with Gasteiger partial charge in [-0.05, 0) is 56.5 Å². The van der Waals surface area contributed by atoms with Gasteiger partial charge in [-0.2, -0.15) is 0 Å². The van der Waals surface area contributed by atoms with E-state index in [0.717, 1.165) is 27.9 Å². The largest absolute Gasteiger partial charge is 0.366 e. The first-order valence-electron chi connectivity index (χ1n) is 11.5. The summed E-state index contributed by atoms with van der Waals surface area (Å²) in [5.74, 6) is -0.224. The number of amides is 2. The summed E-state index contributed by atoms with van der Waals surface area (Å²) in [5.41, 5.74) is 3.84. The topological polar surface area (TPSA) is 74.3 Å². The highest BCUT2D eigenvalue weighted by atomic mass is 16.2. The van der Waals surface area contributed by atoms with Gasteiger partial charge in [-0.25, -0.2) is 4.98 Å². The van der Waals surface area contributed by atoms with Crippen LogP contribution in [-0.4, -0.2) is 35.4 Å². The van der Waals surface area contributed by atoms with Gasteiger partial charge in [-0.15, -0.1) is 0 Å². The number of pyridine rings is 1. The number of anilines is 2. The number of aryl methyl sites for hydroxylation is 1. The fourth-order valence-corrected chi connectivity index (χ4v) is 4.34. The highest BCUT2D eigenvalue weighted by Gasteiger charge is 2.37. The molecular formula is C27H30N4O2. The first-order chi connectivity index (χ1) is 15.9. The number of nitrogens with one attached hydrogen (secondary N) is 2. The summed E-state index contributed by atoms with van der Waals surface area (Å²) in [4.78, 5) is 32.9. The number of hydrogen-bond donors (Lipinski definition) is 2. The molecule has 0 saturated heterocycles. The molecule has 170 valence electrons. The molecule has 6 nitrogen and oxygen atoms in total. The minimum atomic E-state index is -0.852. The molecule has 2 N–H and O–H groups in total. The molecule has 0 radical (unpaired) electrons. The summed E-state index contributed by atoms with van der Waals surface area (Å²) in [6, 6.07) is 15.5. The van der Waals surface area contributed by atoms with Crippen LogP contribution in [0.4, 0.5) is 11.4 Å². The molecule has 2 heterocycles. The molecule has 4 rings (SSSR count). The van der Waals surface area contributed by atoms with Gasteiger partial charge in [0.25, 0.3) is 5.91 Å². The number of aromatic nitrogens is 1. The fourth-order valence-electron chi connectivity index (χ4n) is 4.34. The van der Waals surface area contributed by atoms with Crippen molar-refractivity contribution in [3.63, 3.8) is 0 Å². The maximum atomic E-state index is 13.5.